The first kappa shape index (κ1) is 50.3. The fraction of sp³-hybridized carbons (Fsp3) is 0.133. The molecule has 0 fully saturated rings. The van der Waals surface area contributed by atoms with Crippen LogP contribution < -0.4 is 36.5 Å². The first-order valence-electron chi connectivity index (χ1n) is 19.0. The Balaban J connectivity index is 0.000000274. The third kappa shape index (κ3) is 18.2. The highest BCUT2D eigenvalue weighted by Gasteiger charge is 2.15. The molecule has 0 saturated heterocycles. The number of carbonyl (C=O) groups is 9. The van der Waals surface area contributed by atoms with Gasteiger partial charge in [0.2, 0.25) is 5.91 Å². The van der Waals surface area contributed by atoms with E-state index >= 15 is 0 Å². The SMILES string of the molecule is COc1cccc(OCC(=O)Nc2cc(C(=O)O)cc(C(=O)O)c2)c1.NC(=O)C(=O)NCc1ccccc1.O=C(O)CCCC(=O)Nc1cccc(C(=O)Nc2ccccc2C(=O)O)c1. The first-order valence-corrected chi connectivity index (χ1v) is 19.0. The summed E-state index contributed by atoms with van der Waals surface area (Å²) in [7, 11) is 1.50. The highest BCUT2D eigenvalue weighted by Crippen LogP contribution is 2.21. The first-order chi connectivity index (χ1) is 30.9. The summed E-state index contributed by atoms with van der Waals surface area (Å²) in [6.45, 7) is -0.0184. The van der Waals surface area contributed by atoms with Crippen molar-refractivity contribution in [3.8, 4) is 11.5 Å². The molecule has 0 radical (unpaired) electrons. The minimum absolute atomic E-state index is 0.0336. The molecule has 0 bridgehead atoms. The molecule has 0 unspecified atom stereocenters. The highest BCUT2D eigenvalue weighted by molar-refractivity contribution is 6.34. The quantitative estimate of drug-likeness (QED) is 0.0570. The third-order valence-corrected chi connectivity index (χ3v) is 8.25. The van der Waals surface area contributed by atoms with E-state index in [9.17, 15) is 43.2 Å². The Kier molecular flexibility index (Phi) is 19.8. The molecule has 0 atom stereocenters. The van der Waals surface area contributed by atoms with Crippen molar-refractivity contribution >= 4 is 70.5 Å². The molecular weight excluding hydrogens is 851 g/mol. The average Bonchev–Trinajstić information content (AvgIpc) is 3.28. The standard InChI is InChI=1S/C19H18N2O6.C17H15NO7.C9H10N2O2/c22-16(9-4-10-17(23)24)20-13-6-3-5-12(11-13)18(25)21-15-8-2-1-7-14(15)19(26)27;1-24-13-3-2-4-14(8-13)25-9-15(19)18-12-6-10(16(20)21)5-11(7-12)17(22)23;10-8(12)9(13)11-6-7-4-2-1-3-5-7/h1-3,5-8,11H,4,9-10H2,(H,20,22)(H,21,25)(H,23,24)(H,26,27);2-8H,9H2,1H3,(H,18,19)(H,20,21)(H,22,23);1-5H,6H2,(H2,10,12)(H,11,13). The van der Waals surface area contributed by atoms with Crippen molar-refractivity contribution in [3.63, 3.8) is 0 Å². The molecule has 338 valence electrons. The second-order valence-electron chi connectivity index (χ2n) is 13.1. The van der Waals surface area contributed by atoms with Crippen molar-refractivity contribution in [2.45, 2.75) is 25.8 Å². The minimum Gasteiger partial charge on any atom is -0.497 e. The van der Waals surface area contributed by atoms with Crippen LogP contribution in [0, 0.1) is 0 Å². The number of primary amides is 1. The fourth-order valence-electron chi connectivity index (χ4n) is 5.18. The summed E-state index contributed by atoms with van der Waals surface area (Å²) >= 11 is 0. The van der Waals surface area contributed by atoms with Crippen LogP contribution >= 0.6 is 0 Å². The number of carboxylic acid groups (broad SMARTS) is 4. The van der Waals surface area contributed by atoms with Crippen LogP contribution in [-0.2, 0) is 30.5 Å². The molecule has 10 N–H and O–H groups in total. The molecule has 0 aliphatic carbocycles. The van der Waals surface area contributed by atoms with E-state index in [4.69, 9.17) is 35.6 Å². The van der Waals surface area contributed by atoms with E-state index in [-0.39, 0.29) is 65.4 Å². The number of anilines is 3. The lowest BCUT2D eigenvalue weighted by molar-refractivity contribution is -0.137. The summed E-state index contributed by atoms with van der Waals surface area (Å²) in [4.78, 5) is 101. The van der Waals surface area contributed by atoms with Crippen molar-refractivity contribution in [1.82, 2.24) is 5.32 Å². The van der Waals surface area contributed by atoms with Crippen LogP contribution in [0.5, 0.6) is 11.5 Å². The smallest absolute Gasteiger partial charge is 0.337 e. The van der Waals surface area contributed by atoms with E-state index in [1.165, 1.54) is 31.4 Å². The summed E-state index contributed by atoms with van der Waals surface area (Å²) in [6, 6.07) is 31.4. The Hall–Kier alpha value is -9.07. The Morgan fingerprint density at radius 3 is 1.78 bits per heavy atom. The van der Waals surface area contributed by atoms with Gasteiger partial charge in [-0.2, -0.15) is 0 Å². The van der Waals surface area contributed by atoms with E-state index in [0.29, 0.717) is 23.7 Å². The number of benzene rings is 5. The maximum absolute atomic E-state index is 12.4. The number of hydrogen-bond donors (Lipinski definition) is 9. The predicted molar refractivity (Wildman–Crippen MR) is 233 cm³/mol. The maximum atomic E-state index is 12.4. The number of methoxy groups -OCH3 is 1. The molecule has 5 aromatic carbocycles. The van der Waals surface area contributed by atoms with Crippen LogP contribution in [0.25, 0.3) is 0 Å². The molecule has 20 heteroatoms. The number of carboxylic acids is 4. The van der Waals surface area contributed by atoms with Crippen LogP contribution in [0.1, 0.15) is 66.3 Å². The zero-order chi connectivity index (χ0) is 47.9. The summed E-state index contributed by atoms with van der Waals surface area (Å²) in [5, 5.41) is 45.7. The van der Waals surface area contributed by atoms with Gasteiger partial charge in [0.1, 0.15) is 11.5 Å². The summed E-state index contributed by atoms with van der Waals surface area (Å²) in [5.41, 5.74) is 5.99. The Morgan fingerprint density at radius 2 is 1.17 bits per heavy atom. The van der Waals surface area contributed by atoms with Gasteiger partial charge < -0.3 is 56.9 Å². The number of aromatic carboxylic acids is 3. The number of carbonyl (C=O) groups excluding carboxylic acids is 5. The molecule has 0 saturated carbocycles. The van der Waals surface area contributed by atoms with Gasteiger partial charge >= 0.3 is 35.7 Å². The van der Waals surface area contributed by atoms with E-state index in [0.717, 1.165) is 23.8 Å². The average molecular weight is 894 g/mol. The Morgan fingerprint density at radius 1 is 0.569 bits per heavy atom. The van der Waals surface area contributed by atoms with E-state index in [1.807, 2.05) is 30.3 Å². The van der Waals surface area contributed by atoms with Crippen molar-refractivity contribution in [2.24, 2.45) is 5.73 Å². The van der Waals surface area contributed by atoms with Crippen molar-refractivity contribution in [3.05, 3.63) is 149 Å². The van der Waals surface area contributed by atoms with Gasteiger partial charge in [0.15, 0.2) is 6.61 Å². The molecule has 0 heterocycles. The second-order valence-corrected chi connectivity index (χ2v) is 13.1. The van der Waals surface area contributed by atoms with E-state index < -0.39 is 47.5 Å². The molecular formula is C45H43N5O15. The van der Waals surface area contributed by atoms with E-state index in [2.05, 4.69) is 21.3 Å². The highest BCUT2D eigenvalue weighted by atomic mass is 16.5. The van der Waals surface area contributed by atoms with Crippen LogP contribution in [0.15, 0.2) is 121 Å². The molecule has 5 amide bonds. The van der Waals surface area contributed by atoms with Crippen LogP contribution in [-0.4, -0.2) is 87.6 Å². The maximum Gasteiger partial charge on any atom is 0.337 e. The monoisotopic (exact) mass is 893 g/mol. The Labute approximate surface area is 370 Å². The van der Waals surface area contributed by atoms with Crippen molar-refractivity contribution < 1.29 is 73.1 Å². The number of ether oxygens (including phenoxy) is 2. The van der Waals surface area contributed by atoms with Gasteiger partial charge in [-0.3, -0.25) is 28.8 Å². The number of hydrogen-bond acceptors (Lipinski definition) is 11. The predicted octanol–water partition coefficient (Wildman–Crippen LogP) is 4.73. The molecule has 5 rings (SSSR count). The topological polar surface area (TPSA) is 327 Å². The molecule has 20 nitrogen and oxygen atoms in total. The number of rotatable bonds is 17. The summed E-state index contributed by atoms with van der Waals surface area (Å²) < 4.78 is 10.3. The zero-order valence-electron chi connectivity index (χ0n) is 34.4. The molecule has 0 aliphatic rings. The molecule has 0 spiro atoms. The normalized spacial score (nSPS) is 9.86. The van der Waals surface area contributed by atoms with E-state index in [1.54, 1.807) is 48.5 Å². The number of amides is 5. The van der Waals surface area contributed by atoms with Crippen LogP contribution in [0.4, 0.5) is 17.1 Å². The van der Waals surface area contributed by atoms with Gasteiger partial charge in [-0.15, -0.1) is 0 Å². The number of aliphatic carboxylic acids is 1. The van der Waals surface area contributed by atoms with Gasteiger partial charge in [0.25, 0.3) is 11.8 Å². The van der Waals surface area contributed by atoms with Crippen LogP contribution in [0.2, 0.25) is 0 Å². The lowest BCUT2D eigenvalue weighted by Gasteiger charge is -2.10. The van der Waals surface area contributed by atoms with Gasteiger partial charge in [0.05, 0.1) is 29.5 Å². The number of para-hydroxylation sites is 1. The lowest BCUT2D eigenvalue weighted by Crippen LogP contribution is -2.35. The zero-order valence-corrected chi connectivity index (χ0v) is 34.4. The summed E-state index contributed by atoms with van der Waals surface area (Å²) in [5.74, 6) is -6.91. The number of nitrogens with one attached hydrogen (secondary N) is 4. The lowest BCUT2D eigenvalue weighted by atomic mass is 10.1. The van der Waals surface area contributed by atoms with Crippen LogP contribution in [0.3, 0.4) is 0 Å². The molecule has 5 aromatic rings. The minimum atomic E-state index is -1.30. The summed E-state index contributed by atoms with van der Waals surface area (Å²) in [6.07, 6.45) is 0.168. The number of nitrogens with two attached hydrogens (primary N) is 1. The molecule has 0 aliphatic heterocycles. The van der Waals surface area contributed by atoms with Crippen molar-refractivity contribution in [2.75, 3.05) is 29.7 Å². The largest absolute Gasteiger partial charge is 0.497 e. The molecule has 65 heavy (non-hydrogen) atoms. The van der Waals surface area contributed by atoms with Gasteiger partial charge in [-0.25, -0.2) is 14.4 Å². The fourth-order valence-corrected chi connectivity index (χ4v) is 5.18. The van der Waals surface area contributed by atoms with Crippen molar-refractivity contribution in [1.29, 1.82) is 0 Å². The third-order valence-electron chi connectivity index (χ3n) is 8.25. The molecule has 0 aromatic heterocycles. The second kappa shape index (κ2) is 25.6. The van der Waals surface area contributed by atoms with Gasteiger partial charge in [-0.1, -0.05) is 54.6 Å². The van der Waals surface area contributed by atoms with Gasteiger partial charge in [0, 0.05) is 42.4 Å². The Bertz CT molecular complexity index is 2500. The van der Waals surface area contributed by atoms with Gasteiger partial charge in [-0.05, 0) is 72.6 Å².